The third kappa shape index (κ3) is 3.13. The Morgan fingerprint density at radius 2 is 2.11 bits per heavy atom. The molecule has 1 fully saturated rings. The van der Waals surface area contributed by atoms with Crippen LogP contribution in [0, 0.1) is 5.92 Å². The summed E-state index contributed by atoms with van der Waals surface area (Å²) in [5.41, 5.74) is 1.31. The largest absolute Gasteiger partial charge is 0.317 e. The van der Waals surface area contributed by atoms with E-state index in [1.54, 1.807) is 0 Å². The van der Waals surface area contributed by atoms with Crippen LogP contribution in [-0.4, -0.2) is 30.6 Å². The lowest BCUT2D eigenvalue weighted by Gasteiger charge is -2.45. The van der Waals surface area contributed by atoms with Crippen LogP contribution in [0.15, 0.2) is 24.3 Å². The summed E-state index contributed by atoms with van der Waals surface area (Å²) in [4.78, 5) is 2.60. The van der Waals surface area contributed by atoms with E-state index in [1.807, 2.05) is 12.1 Å². The van der Waals surface area contributed by atoms with E-state index >= 15 is 0 Å². The van der Waals surface area contributed by atoms with Crippen LogP contribution in [0.2, 0.25) is 5.02 Å². The summed E-state index contributed by atoms with van der Waals surface area (Å²) in [6.07, 6.45) is 1.22. The van der Waals surface area contributed by atoms with Crippen molar-refractivity contribution in [1.82, 2.24) is 10.2 Å². The van der Waals surface area contributed by atoms with Crippen molar-refractivity contribution in [1.29, 1.82) is 0 Å². The molecule has 1 aliphatic rings. The van der Waals surface area contributed by atoms with Crippen molar-refractivity contribution < 1.29 is 0 Å². The molecule has 0 amide bonds. The predicted molar refractivity (Wildman–Crippen MR) is 82.7 cm³/mol. The lowest BCUT2D eigenvalue weighted by atomic mass is 9.85. The zero-order valence-electron chi connectivity index (χ0n) is 12.4. The van der Waals surface area contributed by atoms with Gasteiger partial charge < -0.3 is 5.32 Å². The van der Waals surface area contributed by atoms with Gasteiger partial charge in [-0.1, -0.05) is 30.7 Å². The van der Waals surface area contributed by atoms with Crippen LogP contribution in [-0.2, 0) is 0 Å². The minimum atomic E-state index is 0.425. The first-order chi connectivity index (χ1) is 9.04. The number of rotatable bonds is 3. The van der Waals surface area contributed by atoms with Gasteiger partial charge in [-0.25, -0.2) is 0 Å². The Bertz CT molecular complexity index is 421. The van der Waals surface area contributed by atoms with Gasteiger partial charge in [0.2, 0.25) is 0 Å². The van der Waals surface area contributed by atoms with Crippen molar-refractivity contribution >= 4 is 11.6 Å². The average Bonchev–Trinajstić information content (AvgIpc) is 2.41. The Labute approximate surface area is 122 Å². The number of hydrogen-bond acceptors (Lipinski definition) is 2. The molecule has 106 valence electrons. The topological polar surface area (TPSA) is 15.3 Å². The first-order valence-corrected chi connectivity index (χ1v) is 7.61. The van der Waals surface area contributed by atoms with Gasteiger partial charge in [0, 0.05) is 29.7 Å². The summed E-state index contributed by atoms with van der Waals surface area (Å²) in [5, 5.41) is 4.27. The van der Waals surface area contributed by atoms with Crippen molar-refractivity contribution in [3.63, 3.8) is 0 Å². The SMILES string of the molecule is CNC1CCN(C(C)c2cccc(Cl)c2)C(C)C1C. The molecule has 0 spiro atoms. The van der Waals surface area contributed by atoms with Crippen LogP contribution in [0.5, 0.6) is 0 Å². The Hall–Kier alpha value is -0.570. The standard InChI is InChI=1S/C16H25ClN2/c1-11-12(2)19(9-8-16(11)18-4)13(3)14-6-5-7-15(17)10-14/h5-7,10-13,16,18H,8-9H2,1-4H3. The molecule has 0 radical (unpaired) electrons. The van der Waals surface area contributed by atoms with Gasteiger partial charge >= 0.3 is 0 Å². The van der Waals surface area contributed by atoms with Crippen LogP contribution in [0.3, 0.4) is 0 Å². The number of hydrogen-bond donors (Lipinski definition) is 1. The van der Waals surface area contributed by atoms with Crippen molar-refractivity contribution in [2.45, 2.75) is 45.3 Å². The first-order valence-electron chi connectivity index (χ1n) is 7.23. The van der Waals surface area contributed by atoms with E-state index in [0.717, 1.165) is 11.6 Å². The summed E-state index contributed by atoms with van der Waals surface area (Å²) in [7, 11) is 2.07. The number of nitrogens with one attached hydrogen (secondary N) is 1. The van der Waals surface area contributed by atoms with Crippen molar-refractivity contribution in [2.24, 2.45) is 5.92 Å². The van der Waals surface area contributed by atoms with E-state index in [9.17, 15) is 0 Å². The predicted octanol–water partition coefficient (Wildman–Crippen LogP) is 3.72. The molecule has 4 unspecified atom stereocenters. The molecule has 19 heavy (non-hydrogen) atoms. The third-order valence-corrected chi connectivity index (χ3v) is 5.05. The molecule has 0 saturated carbocycles. The molecule has 1 saturated heterocycles. The molecule has 1 heterocycles. The quantitative estimate of drug-likeness (QED) is 0.908. The Morgan fingerprint density at radius 3 is 2.74 bits per heavy atom. The second kappa shape index (κ2) is 6.25. The normalized spacial score (nSPS) is 30.3. The van der Waals surface area contributed by atoms with E-state index in [1.165, 1.54) is 12.0 Å². The van der Waals surface area contributed by atoms with Gasteiger partial charge in [0.25, 0.3) is 0 Å². The summed E-state index contributed by atoms with van der Waals surface area (Å²) in [6, 6.07) is 9.90. The molecule has 1 aliphatic heterocycles. The minimum absolute atomic E-state index is 0.425. The van der Waals surface area contributed by atoms with Crippen molar-refractivity contribution in [3.05, 3.63) is 34.9 Å². The smallest absolute Gasteiger partial charge is 0.0409 e. The summed E-state index contributed by atoms with van der Waals surface area (Å²) in [5.74, 6) is 0.667. The van der Waals surface area contributed by atoms with Gasteiger partial charge in [0.1, 0.15) is 0 Å². The molecule has 1 N–H and O–H groups in total. The molecule has 2 rings (SSSR count). The zero-order valence-corrected chi connectivity index (χ0v) is 13.1. The summed E-state index contributed by atoms with van der Waals surface area (Å²) in [6.45, 7) is 8.12. The van der Waals surface area contributed by atoms with Crippen LogP contribution < -0.4 is 5.32 Å². The highest BCUT2D eigenvalue weighted by Gasteiger charge is 2.34. The Balaban J connectivity index is 2.14. The van der Waals surface area contributed by atoms with Gasteiger partial charge in [0.05, 0.1) is 0 Å². The number of halogens is 1. The highest BCUT2D eigenvalue weighted by molar-refractivity contribution is 6.30. The molecule has 0 aromatic heterocycles. The molecule has 1 aromatic rings. The minimum Gasteiger partial charge on any atom is -0.317 e. The molecule has 4 atom stereocenters. The monoisotopic (exact) mass is 280 g/mol. The maximum absolute atomic E-state index is 6.11. The van der Waals surface area contributed by atoms with E-state index in [-0.39, 0.29) is 0 Å². The van der Waals surface area contributed by atoms with E-state index in [0.29, 0.717) is 24.0 Å². The zero-order chi connectivity index (χ0) is 14.0. The van der Waals surface area contributed by atoms with Crippen LogP contribution in [0.25, 0.3) is 0 Å². The van der Waals surface area contributed by atoms with E-state index in [4.69, 9.17) is 11.6 Å². The van der Waals surface area contributed by atoms with Crippen LogP contribution in [0.4, 0.5) is 0 Å². The lowest BCUT2D eigenvalue weighted by Crippen LogP contribution is -2.53. The van der Waals surface area contributed by atoms with Gasteiger partial charge in [-0.3, -0.25) is 4.90 Å². The molecule has 2 nitrogen and oxygen atoms in total. The van der Waals surface area contributed by atoms with E-state index in [2.05, 4.69) is 50.2 Å². The Morgan fingerprint density at radius 1 is 1.37 bits per heavy atom. The lowest BCUT2D eigenvalue weighted by molar-refractivity contribution is 0.0545. The van der Waals surface area contributed by atoms with Gasteiger partial charge in [-0.15, -0.1) is 0 Å². The highest BCUT2D eigenvalue weighted by atomic mass is 35.5. The van der Waals surface area contributed by atoms with Gasteiger partial charge in [-0.05, 0) is 50.9 Å². The fourth-order valence-electron chi connectivity index (χ4n) is 3.30. The third-order valence-electron chi connectivity index (χ3n) is 4.82. The molecule has 0 bridgehead atoms. The number of likely N-dealkylation sites (tertiary alicyclic amines) is 1. The Kier molecular flexibility index (Phi) is 4.88. The first kappa shape index (κ1) is 14.8. The van der Waals surface area contributed by atoms with Crippen LogP contribution >= 0.6 is 11.6 Å². The van der Waals surface area contributed by atoms with Gasteiger partial charge in [0.15, 0.2) is 0 Å². The molecular weight excluding hydrogens is 256 g/mol. The molecule has 3 heteroatoms. The maximum Gasteiger partial charge on any atom is 0.0409 e. The molecular formula is C16H25ClN2. The van der Waals surface area contributed by atoms with E-state index < -0.39 is 0 Å². The fourth-order valence-corrected chi connectivity index (χ4v) is 3.50. The maximum atomic E-state index is 6.11. The highest BCUT2D eigenvalue weighted by Crippen LogP contribution is 2.32. The summed E-state index contributed by atoms with van der Waals surface area (Å²) < 4.78 is 0. The van der Waals surface area contributed by atoms with Crippen molar-refractivity contribution in [3.8, 4) is 0 Å². The van der Waals surface area contributed by atoms with Gasteiger partial charge in [-0.2, -0.15) is 0 Å². The fraction of sp³-hybridized carbons (Fsp3) is 0.625. The molecule has 1 aromatic carbocycles. The van der Waals surface area contributed by atoms with Crippen LogP contribution in [0.1, 0.15) is 38.8 Å². The molecule has 0 aliphatic carbocycles. The second-order valence-corrected chi connectivity index (χ2v) is 6.19. The second-order valence-electron chi connectivity index (χ2n) is 5.75. The number of nitrogens with zero attached hydrogens (tertiary/aromatic N) is 1. The van der Waals surface area contributed by atoms with Crippen molar-refractivity contribution in [2.75, 3.05) is 13.6 Å². The number of piperidine rings is 1. The average molecular weight is 281 g/mol. The number of benzene rings is 1. The summed E-state index contributed by atoms with van der Waals surface area (Å²) >= 11 is 6.11.